The monoisotopic (exact) mass is 469 g/mol. The van der Waals surface area contributed by atoms with Crippen molar-refractivity contribution in [2.75, 3.05) is 17.2 Å². The summed E-state index contributed by atoms with van der Waals surface area (Å²) in [4.78, 5) is 39.1. The molecule has 2 aromatic carbocycles. The Balaban J connectivity index is 1.48. The highest BCUT2D eigenvalue weighted by molar-refractivity contribution is 6.30. The van der Waals surface area contributed by atoms with Gasteiger partial charge in [-0.15, -0.1) is 0 Å². The van der Waals surface area contributed by atoms with Gasteiger partial charge in [-0.3, -0.25) is 9.59 Å². The van der Waals surface area contributed by atoms with E-state index in [1.165, 1.54) is 35.4 Å². The molecule has 2 unspecified atom stereocenters. The third-order valence-corrected chi connectivity index (χ3v) is 5.59. The van der Waals surface area contributed by atoms with E-state index in [1.54, 1.807) is 24.3 Å². The molecule has 10 heteroatoms. The van der Waals surface area contributed by atoms with Crippen LogP contribution in [0.5, 0.6) is 0 Å². The summed E-state index contributed by atoms with van der Waals surface area (Å²) in [5, 5.41) is 9.77. The molecular formula is C23H21ClFN5O3. The highest BCUT2D eigenvalue weighted by Crippen LogP contribution is 2.26. The molecule has 1 aliphatic heterocycles. The summed E-state index contributed by atoms with van der Waals surface area (Å²) >= 11 is 5.87. The fourth-order valence-electron chi connectivity index (χ4n) is 3.75. The van der Waals surface area contributed by atoms with Crippen molar-refractivity contribution in [3.8, 4) is 5.69 Å². The molecule has 0 saturated carbocycles. The van der Waals surface area contributed by atoms with Gasteiger partial charge in [0.05, 0.1) is 11.4 Å². The van der Waals surface area contributed by atoms with Gasteiger partial charge in [-0.1, -0.05) is 18.5 Å². The van der Waals surface area contributed by atoms with Crippen LogP contribution in [0.1, 0.15) is 13.3 Å². The van der Waals surface area contributed by atoms with Gasteiger partial charge in [0.25, 0.3) is 5.56 Å². The number of urea groups is 1. The summed E-state index contributed by atoms with van der Waals surface area (Å²) in [6, 6.07) is 12.2. The second kappa shape index (κ2) is 9.41. The summed E-state index contributed by atoms with van der Waals surface area (Å²) in [5.74, 6) is -1.12. The number of hydrogen-bond acceptors (Lipinski definition) is 4. The van der Waals surface area contributed by atoms with Crippen LogP contribution in [0.15, 0.2) is 65.6 Å². The van der Waals surface area contributed by atoms with Gasteiger partial charge in [0.15, 0.2) is 0 Å². The second-order valence-electron chi connectivity index (χ2n) is 7.87. The third-order valence-electron chi connectivity index (χ3n) is 5.34. The van der Waals surface area contributed by atoms with Gasteiger partial charge in [-0.25, -0.2) is 9.18 Å². The molecule has 3 aromatic rings. The van der Waals surface area contributed by atoms with Gasteiger partial charge in [0.2, 0.25) is 5.91 Å². The van der Waals surface area contributed by atoms with Crippen LogP contribution in [0, 0.1) is 11.7 Å². The number of rotatable bonds is 4. The van der Waals surface area contributed by atoms with E-state index in [0.29, 0.717) is 23.7 Å². The van der Waals surface area contributed by atoms with Crippen LogP contribution >= 0.6 is 11.6 Å². The van der Waals surface area contributed by atoms with Crippen molar-refractivity contribution in [2.24, 2.45) is 5.92 Å². The third kappa shape index (κ3) is 5.04. The van der Waals surface area contributed by atoms with Crippen molar-refractivity contribution in [1.29, 1.82) is 0 Å². The first-order valence-electron chi connectivity index (χ1n) is 10.3. The van der Waals surface area contributed by atoms with E-state index in [9.17, 15) is 18.8 Å². The van der Waals surface area contributed by atoms with Gasteiger partial charge in [-0.2, -0.15) is 9.78 Å². The molecule has 1 aliphatic rings. The normalized spacial score (nSPS) is 17.6. The largest absolute Gasteiger partial charge is 0.322 e. The Kier molecular flexibility index (Phi) is 6.41. The molecule has 1 saturated heterocycles. The lowest BCUT2D eigenvalue weighted by Gasteiger charge is -2.24. The number of amides is 3. The number of benzene rings is 2. The molecule has 0 radical (unpaired) electrons. The minimum Gasteiger partial charge on any atom is -0.322 e. The summed E-state index contributed by atoms with van der Waals surface area (Å²) in [7, 11) is 0. The first kappa shape index (κ1) is 22.5. The Morgan fingerprint density at radius 1 is 1.12 bits per heavy atom. The second-order valence-corrected chi connectivity index (χ2v) is 8.31. The molecule has 1 fully saturated rings. The van der Waals surface area contributed by atoms with Crippen LogP contribution in [0.2, 0.25) is 5.02 Å². The predicted molar refractivity (Wildman–Crippen MR) is 123 cm³/mol. The number of aromatic nitrogens is 2. The number of carbonyl (C=O) groups is 2. The maximum Gasteiger partial charge on any atom is 0.322 e. The van der Waals surface area contributed by atoms with Crippen molar-refractivity contribution >= 4 is 34.9 Å². The van der Waals surface area contributed by atoms with E-state index < -0.39 is 29.4 Å². The summed E-state index contributed by atoms with van der Waals surface area (Å²) in [6.45, 7) is 2.33. The van der Waals surface area contributed by atoms with E-state index >= 15 is 0 Å². The average Bonchev–Trinajstić information content (AvgIpc) is 3.19. The highest BCUT2D eigenvalue weighted by atomic mass is 35.5. The summed E-state index contributed by atoms with van der Waals surface area (Å²) in [5.41, 5.74) is 0.324. The van der Waals surface area contributed by atoms with Crippen molar-refractivity contribution in [2.45, 2.75) is 19.4 Å². The topological polar surface area (TPSA) is 96.3 Å². The number of nitrogens with zero attached hydrogens (tertiary/aromatic N) is 3. The smallest absolute Gasteiger partial charge is 0.322 e. The number of hydrogen-bond donors (Lipinski definition) is 2. The first-order chi connectivity index (χ1) is 15.8. The Morgan fingerprint density at radius 2 is 1.88 bits per heavy atom. The van der Waals surface area contributed by atoms with Crippen molar-refractivity contribution in [3.63, 3.8) is 0 Å². The van der Waals surface area contributed by atoms with Crippen molar-refractivity contribution < 1.29 is 14.0 Å². The van der Waals surface area contributed by atoms with Crippen LogP contribution in [-0.4, -0.2) is 39.2 Å². The number of nitrogens with one attached hydrogen (secondary N) is 2. The van der Waals surface area contributed by atoms with Crippen LogP contribution in [0.25, 0.3) is 5.69 Å². The van der Waals surface area contributed by atoms with E-state index in [2.05, 4.69) is 15.7 Å². The SMILES string of the molecule is CC1CC(C(=O)Nc2ccc(-n3ncccc3=O)cc2F)N(C(=O)Nc2ccc(Cl)cc2)C1. The molecule has 2 heterocycles. The van der Waals surface area contributed by atoms with Gasteiger partial charge < -0.3 is 15.5 Å². The van der Waals surface area contributed by atoms with E-state index in [-0.39, 0.29) is 17.3 Å². The molecule has 1 aromatic heterocycles. The Morgan fingerprint density at radius 3 is 2.58 bits per heavy atom. The predicted octanol–water partition coefficient (Wildman–Crippen LogP) is 3.91. The molecular weight excluding hydrogens is 449 g/mol. The fraction of sp³-hybridized carbons (Fsp3) is 0.217. The minimum absolute atomic E-state index is 0.0506. The minimum atomic E-state index is -0.759. The standard InChI is InChI=1S/C23H21ClFN5O3/c1-14-11-20(29(13-14)23(33)27-16-6-4-15(24)5-7-16)22(32)28-19-9-8-17(12-18(19)25)30-21(31)3-2-10-26-30/h2-10,12,14,20H,11,13H2,1H3,(H,27,33)(H,28,32). The Bertz CT molecular complexity index is 1250. The summed E-state index contributed by atoms with van der Waals surface area (Å²) < 4.78 is 15.8. The number of likely N-dealkylation sites (tertiary alicyclic amines) is 1. The number of anilines is 2. The Labute approximate surface area is 194 Å². The highest BCUT2D eigenvalue weighted by Gasteiger charge is 2.38. The van der Waals surface area contributed by atoms with Gasteiger partial charge >= 0.3 is 6.03 Å². The maximum absolute atomic E-state index is 14.7. The van der Waals surface area contributed by atoms with Gasteiger partial charge in [0.1, 0.15) is 11.9 Å². The quantitative estimate of drug-likeness (QED) is 0.605. The first-order valence-corrected chi connectivity index (χ1v) is 10.7. The average molecular weight is 470 g/mol. The molecule has 0 aliphatic carbocycles. The van der Waals surface area contributed by atoms with Crippen LogP contribution < -0.4 is 16.2 Å². The van der Waals surface area contributed by atoms with E-state index in [1.807, 2.05) is 6.92 Å². The molecule has 2 N–H and O–H groups in total. The van der Waals surface area contributed by atoms with Crippen LogP contribution in [0.4, 0.5) is 20.6 Å². The Hall–Kier alpha value is -3.72. The fourth-order valence-corrected chi connectivity index (χ4v) is 3.88. The zero-order valence-electron chi connectivity index (χ0n) is 17.7. The molecule has 33 heavy (non-hydrogen) atoms. The van der Waals surface area contributed by atoms with Gasteiger partial charge in [0, 0.05) is 35.6 Å². The van der Waals surface area contributed by atoms with E-state index in [4.69, 9.17) is 11.6 Å². The molecule has 0 bridgehead atoms. The van der Waals surface area contributed by atoms with Crippen LogP contribution in [-0.2, 0) is 4.79 Å². The molecule has 3 amide bonds. The van der Waals surface area contributed by atoms with Crippen molar-refractivity contribution in [1.82, 2.24) is 14.7 Å². The molecule has 170 valence electrons. The number of carbonyl (C=O) groups excluding carboxylic acids is 2. The zero-order valence-corrected chi connectivity index (χ0v) is 18.4. The molecule has 2 atom stereocenters. The molecule has 4 rings (SSSR count). The van der Waals surface area contributed by atoms with Gasteiger partial charge in [-0.05, 0) is 54.8 Å². The lowest BCUT2D eigenvalue weighted by atomic mass is 10.1. The lowest BCUT2D eigenvalue weighted by Crippen LogP contribution is -2.45. The lowest BCUT2D eigenvalue weighted by molar-refractivity contribution is -0.119. The van der Waals surface area contributed by atoms with E-state index in [0.717, 1.165) is 10.7 Å². The zero-order chi connectivity index (χ0) is 23.5. The van der Waals surface area contributed by atoms with Crippen molar-refractivity contribution in [3.05, 3.63) is 82.0 Å². The maximum atomic E-state index is 14.7. The molecule has 8 nitrogen and oxygen atoms in total. The number of halogens is 2. The molecule has 0 spiro atoms. The van der Waals surface area contributed by atoms with Crippen LogP contribution in [0.3, 0.4) is 0 Å². The summed E-state index contributed by atoms with van der Waals surface area (Å²) in [6.07, 6.45) is 1.86.